The Labute approximate surface area is 162 Å². The minimum Gasteiger partial charge on any atom is -1.00 e. The smallest absolute Gasteiger partial charge is 1.00 e. The van der Waals surface area contributed by atoms with Crippen LogP contribution in [-0.2, 0) is 0 Å². The molecule has 0 atom stereocenters. The van der Waals surface area contributed by atoms with Gasteiger partial charge in [0.25, 0.3) is 5.91 Å². The van der Waals surface area contributed by atoms with Crippen molar-refractivity contribution in [3.63, 3.8) is 0 Å². The number of piperidine rings is 1. The van der Waals surface area contributed by atoms with Crippen molar-refractivity contribution in [2.75, 3.05) is 25.5 Å². The number of ether oxygens (including phenoxy) is 1. The molecule has 1 fully saturated rings. The van der Waals surface area contributed by atoms with Crippen LogP contribution in [0.1, 0.15) is 24.6 Å². The first-order valence-corrected chi connectivity index (χ1v) is 8.20. The number of aromatic nitrogens is 1. The van der Waals surface area contributed by atoms with Gasteiger partial charge in [-0.25, -0.2) is 13.2 Å². The summed E-state index contributed by atoms with van der Waals surface area (Å²) in [4.78, 5) is 18.5. The van der Waals surface area contributed by atoms with Gasteiger partial charge in [0.1, 0.15) is 11.9 Å². The minimum absolute atomic E-state index is 0. The molecule has 1 N–H and O–H groups in total. The number of amides is 1. The van der Waals surface area contributed by atoms with E-state index in [4.69, 9.17) is 4.74 Å². The first-order chi connectivity index (χ1) is 12.4. The molecule has 9 heteroatoms. The molecule has 1 aromatic heterocycles. The normalized spacial score (nSPS) is 15.1. The third-order valence-corrected chi connectivity index (χ3v) is 4.16. The van der Waals surface area contributed by atoms with Crippen LogP contribution in [0.5, 0.6) is 5.88 Å². The average Bonchev–Trinajstić information content (AvgIpc) is 2.61. The summed E-state index contributed by atoms with van der Waals surface area (Å²) in [5, 5.41) is 2.42. The second-order valence-electron chi connectivity index (χ2n) is 6.19. The Bertz CT molecular complexity index is 797. The van der Waals surface area contributed by atoms with Crippen LogP contribution < -0.4 is 22.5 Å². The molecule has 1 aliphatic heterocycles. The van der Waals surface area contributed by atoms with Crippen molar-refractivity contribution in [1.29, 1.82) is 0 Å². The monoisotopic (exact) mass is 401 g/mol. The maximum Gasteiger partial charge on any atom is 1.00 e. The first kappa shape index (κ1) is 21.0. The number of hydrogen-bond donors (Lipinski definition) is 1. The van der Waals surface area contributed by atoms with Crippen molar-refractivity contribution in [2.24, 2.45) is 0 Å². The Morgan fingerprint density at radius 1 is 1.22 bits per heavy atom. The lowest BCUT2D eigenvalue weighted by molar-refractivity contribution is -0.0000160. The number of halogens is 4. The number of pyridine rings is 1. The molecule has 1 saturated heterocycles. The third kappa shape index (κ3) is 5.33. The highest BCUT2D eigenvalue weighted by Gasteiger charge is 2.19. The van der Waals surface area contributed by atoms with E-state index in [0.29, 0.717) is 18.0 Å². The van der Waals surface area contributed by atoms with Crippen LogP contribution in [0.3, 0.4) is 0 Å². The molecule has 0 saturated carbocycles. The summed E-state index contributed by atoms with van der Waals surface area (Å²) in [5.41, 5.74) is -0.343. The number of likely N-dealkylation sites (tertiary alicyclic amines) is 1. The zero-order valence-electron chi connectivity index (χ0n) is 15.5. The van der Waals surface area contributed by atoms with E-state index in [0.717, 1.165) is 25.9 Å². The number of nitrogens with zero attached hydrogens (tertiary/aromatic N) is 2. The van der Waals surface area contributed by atoms with E-state index in [-0.39, 0.29) is 31.3 Å². The van der Waals surface area contributed by atoms with Gasteiger partial charge < -0.3 is 27.4 Å². The van der Waals surface area contributed by atoms with E-state index in [1.165, 1.54) is 6.07 Å². The molecule has 2 heterocycles. The SMILES string of the molecule is CN1CCC(Oc2cccc(NC(=O)c3cc(F)c(F)c(F)c3)n2)CC1.[Cl-].[H+]. The van der Waals surface area contributed by atoms with Gasteiger partial charge in [-0.15, -0.1) is 0 Å². The zero-order chi connectivity index (χ0) is 18.7. The van der Waals surface area contributed by atoms with Crippen LogP contribution in [0.25, 0.3) is 0 Å². The van der Waals surface area contributed by atoms with Crippen molar-refractivity contribution in [3.05, 3.63) is 53.3 Å². The zero-order valence-corrected chi connectivity index (χ0v) is 15.3. The fraction of sp³-hybridized carbons (Fsp3) is 0.333. The number of carbonyl (C=O) groups excluding carboxylic acids is 1. The molecule has 5 nitrogen and oxygen atoms in total. The Balaban J connectivity index is 0.00000196. The van der Waals surface area contributed by atoms with Crippen molar-refractivity contribution in [2.45, 2.75) is 18.9 Å². The summed E-state index contributed by atoms with van der Waals surface area (Å²) >= 11 is 0. The van der Waals surface area contributed by atoms with Crippen LogP contribution in [0.4, 0.5) is 19.0 Å². The quantitative estimate of drug-likeness (QED) is 0.751. The molecule has 146 valence electrons. The van der Waals surface area contributed by atoms with Gasteiger partial charge in [-0.1, -0.05) is 6.07 Å². The minimum atomic E-state index is -1.62. The van der Waals surface area contributed by atoms with Gasteiger partial charge in [0, 0.05) is 24.7 Å². The van der Waals surface area contributed by atoms with E-state index in [1.807, 2.05) is 7.05 Å². The van der Waals surface area contributed by atoms with E-state index in [2.05, 4.69) is 15.2 Å². The number of carbonyl (C=O) groups is 1. The van der Waals surface area contributed by atoms with Gasteiger partial charge >= 0.3 is 1.43 Å². The van der Waals surface area contributed by atoms with Gasteiger partial charge in [0.05, 0.1) is 0 Å². The lowest BCUT2D eigenvalue weighted by Crippen LogP contribution is -3.00. The van der Waals surface area contributed by atoms with Crippen molar-refractivity contribution >= 4 is 11.7 Å². The highest BCUT2D eigenvalue weighted by molar-refractivity contribution is 6.03. The molecular weight excluding hydrogens is 383 g/mol. The Kier molecular flexibility index (Phi) is 7.04. The topological polar surface area (TPSA) is 54.5 Å². The largest absolute Gasteiger partial charge is 1.00 e. The molecular formula is C18H19ClF3N3O2. The maximum atomic E-state index is 13.3. The number of hydrogen-bond acceptors (Lipinski definition) is 4. The van der Waals surface area contributed by atoms with Crippen LogP contribution in [0.15, 0.2) is 30.3 Å². The molecule has 0 unspecified atom stereocenters. The van der Waals surface area contributed by atoms with Gasteiger partial charge in [0.2, 0.25) is 5.88 Å². The molecule has 2 aromatic rings. The Morgan fingerprint density at radius 3 is 2.48 bits per heavy atom. The molecule has 27 heavy (non-hydrogen) atoms. The van der Waals surface area contributed by atoms with Crippen LogP contribution >= 0.6 is 0 Å². The van der Waals surface area contributed by atoms with Gasteiger partial charge in [-0.3, -0.25) is 4.79 Å². The molecule has 0 spiro atoms. The molecule has 0 aliphatic carbocycles. The first-order valence-electron chi connectivity index (χ1n) is 8.20. The lowest BCUT2D eigenvalue weighted by Gasteiger charge is -2.28. The predicted octanol–water partition coefficient (Wildman–Crippen LogP) is 0.341. The summed E-state index contributed by atoms with van der Waals surface area (Å²) in [6.07, 6.45) is 1.80. The molecule has 0 bridgehead atoms. The van der Waals surface area contributed by atoms with E-state index in [9.17, 15) is 18.0 Å². The highest BCUT2D eigenvalue weighted by atomic mass is 35.5. The van der Waals surface area contributed by atoms with E-state index >= 15 is 0 Å². The second-order valence-corrected chi connectivity index (χ2v) is 6.19. The third-order valence-electron chi connectivity index (χ3n) is 4.16. The summed E-state index contributed by atoms with van der Waals surface area (Å²) in [7, 11) is 2.05. The van der Waals surface area contributed by atoms with E-state index < -0.39 is 23.4 Å². The van der Waals surface area contributed by atoms with Gasteiger partial charge in [-0.2, -0.15) is 4.98 Å². The van der Waals surface area contributed by atoms with Gasteiger partial charge in [-0.05, 0) is 38.1 Å². The predicted molar refractivity (Wildman–Crippen MR) is 90.8 cm³/mol. The number of anilines is 1. The average molecular weight is 402 g/mol. The molecule has 0 radical (unpaired) electrons. The van der Waals surface area contributed by atoms with E-state index in [1.54, 1.807) is 12.1 Å². The highest BCUT2D eigenvalue weighted by Crippen LogP contribution is 2.19. The number of benzene rings is 1. The molecule has 1 aliphatic rings. The molecule has 1 amide bonds. The van der Waals surface area contributed by atoms with Crippen molar-refractivity contribution < 1.29 is 36.5 Å². The fourth-order valence-electron chi connectivity index (χ4n) is 2.70. The maximum absolute atomic E-state index is 13.3. The summed E-state index contributed by atoms with van der Waals surface area (Å²) in [6.45, 7) is 1.87. The lowest BCUT2D eigenvalue weighted by atomic mass is 10.1. The standard InChI is InChI=1S/C18H18F3N3O2.ClH/c1-24-7-5-12(6-8-24)26-16-4-2-3-15(22-16)23-18(25)11-9-13(19)17(21)14(20)10-11;/h2-4,9-10,12H,5-8H2,1H3,(H,22,23,25);1H. The number of nitrogens with one attached hydrogen (secondary N) is 1. The Hall–Kier alpha value is -2.32. The summed E-state index contributed by atoms with van der Waals surface area (Å²) < 4.78 is 45.3. The van der Waals surface area contributed by atoms with Gasteiger partial charge in [0.15, 0.2) is 17.5 Å². The van der Waals surface area contributed by atoms with Crippen LogP contribution in [-0.4, -0.2) is 42.0 Å². The van der Waals surface area contributed by atoms with Crippen LogP contribution in [0.2, 0.25) is 0 Å². The fourth-order valence-corrected chi connectivity index (χ4v) is 2.70. The number of rotatable bonds is 4. The summed E-state index contributed by atoms with van der Waals surface area (Å²) in [6, 6.07) is 6.11. The molecule has 3 rings (SSSR count). The van der Waals surface area contributed by atoms with Crippen molar-refractivity contribution in [3.8, 4) is 5.88 Å². The van der Waals surface area contributed by atoms with Crippen molar-refractivity contribution in [1.82, 2.24) is 9.88 Å². The second kappa shape index (κ2) is 9.05. The summed E-state index contributed by atoms with van der Waals surface area (Å²) in [5.74, 6) is -4.75. The van der Waals surface area contributed by atoms with Crippen LogP contribution in [0, 0.1) is 17.5 Å². The Morgan fingerprint density at radius 2 is 1.85 bits per heavy atom. The molecule has 1 aromatic carbocycles.